The molecule has 1 aromatic heterocycles. The number of amides is 1. The van der Waals surface area contributed by atoms with Crippen LogP contribution in [0.4, 0.5) is 0 Å². The second-order valence-electron chi connectivity index (χ2n) is 5.34. The minimum absolute atomic E-state index is 0.00287. The summed E-state index contributed by atoms with van der Waals surface area (Å²) in [5.41, 5.74) is 2.90. The molecule has 1 aliphatic heterocycles. The predicted octanol–water partition coefficient (Wildman–Crippen LogP) is 3.16. The Morgan fingerprint density at radius 3 is 2.82 bits per heavy atom. The van der Waals surface area contributed by atoms with Crippen LogP contribution in [0.3, 0.4) is 0 Å². The van der Waals surface area contributed by atoms with Crippen LogP contribution in [-0.2, 0) is 21.5 Å². The van der Waals surface area contributed by atoms with Crippen LogP contribution >= 0.6 is 22.9 Å². The predicted molar refractivity (Wildman–Crippen MR) is 87.1 cm³/mol. The van der Waals surface area contributed by atoms with E-state index in [2.05, 4.69) is 10.3 Å². The highest BCUT2D eigenvalue weighted by Gasteiger charge is 2.42. The molecule has 3 rings (SSSR count). The van der Waals surface area contributed by atoms with Crippen molar-refractivity contribution < 1.29 is 9.53 Å². The van der Waals surface area contributed by atoms with Gasteiger partial charge >= 0.3 is 0 Å². The number of nitrogens with zero attached hydrogens (tertiary/aromatic N) is 1. The van der Waals surface area contributed by atoms with Gasteiger partial charge in [-0.05, 0) is 24.5 Å². The number of hydrogen-bond donors (Lipinski definition) is 1. The van der Waals surface area contributed by atoms with Gasteiger partial charge in [0.2, 0.25) is 5.91 Å². The molecule has 6 heteroatoms. The van der Waals surface area contributed by atoms with E-state index in [9.17, 15) is 4.79 Å². The Kier molecular flexibility index (Phi) is 4.76. The Morgan fingerprint density at radius 2 is 2.14 bits per heavy atom. The normalized spacial score (nSPS) is 17.1. The molecule has 0 atom stereocenters. The summed E-state index contributed by atoms with van der Waals surface area (Å²) in [6.07, 6.45) is 1.28. The lowest BCUT2D eigenvalue weighted by molar-refractivity contribution is -0.130. The van der Waals surface area contributed by atoms with Crippen LogP contribution in [0.15, 0.2) is 35.2 Å². The van der Waals surface area contributed by atoms with E-state index in [1.165, 1.54) is 11.3 Å². The molecule has 0 radical (unpaired) electrons. The summed E-state index contributed by atoms with van der Waals surface area (Å²) < 4.78 is 5.45. The van der Waals surface area contributed by atoms with Gasteiger partial charge in [0.15, 0.2) is 0 Å². The van der Waals surface area contributed by atoms with E-state index in [0.29, 0.717) is 37.6 Å². The fraction of sp³-hybridized carbons (Fsp3) is 0.375. The van der Waals surface area contributed by atoms with E-state index in [-0.39, 0.29) is 5.91 Å². The number of aromatic nitrogens is 1. The third kappa shape index (κ3) is 3.02. The van der Waals surface area contributed by atoms with E-state index in [0.717, 1.165) is 11.3 Å². The Labute approximate surface area is 138 Å². The number of halogens is 1. The van der Waals surface area contributed by atoms with Crippen LogP contribution in [0, 0.1) is 0 Å². The maximum atomic E-state index is 12.9. The standard InChI is InChI=1S/C16H17ClN2O2S/c17-14-4-2-1-3-13(14)16(5-7-21-8-6-16)15(20)18-9-12-10-22-11-19-12/h1-4,10-11H,5-9H2,(H,18,20). The summed E-state index contributed by atoms with van der Waals surface area (Å²) in [6, 6.07) is 7.58. The van der Waals surface area contributed by atoms with E-state index in [1.807, 2.05) is 29.6 Å². The minimum atomic E-state index is -0.618. The number of ether oxygens (including phenoxy) is 1. The summed E-state index contributed by atoms with van der Waals surface area (Å²) in [5, 5.41) is 5.58. The first-order valence-electron chi connectivity index (χ1n) is 7.20. The molecule has 2 heterocycles. The summed E-state index contributed by atoms with van der Waals surface area (Å²) in [4.78, 5) is 17.1. The first-order valence-corrected chi connectivity index (χ1v) is 8.52. The highest BCUT2D eigenvalue weighted by atomic mass is 35.5. The molecule has 4 nitrogen and oxygen atoms in total. The molecule has 0 saturated carbocycles. The molecule has 0 aliphatic carbocycles. The monoisotopic (exact) mass is 336 g/mol. The zero-order valence-electron chi connectivity index (χ0n) is 12.0. The molecular formula is C16H17ClN2O2S. The van der Waals surface area contributed by atoms with Gasteiger partial charge < -0.3 is 10.1 Å². The zero-order valence-corrected chi connectivity index (χ0v) is 13.6. The largest absolute Gasteiger partial charge is 0.381 e. The average Bonchev–Trinajstić information content (AvgIpc) is 3.07. The highest BCUT2D eigenvalue weighted by Crippen LogP contribution is 2.38. The fourth-order valence-electron chi connectivity index (χ4n) is 2.85. The lowest BCUT2D eigenvalue weighted by Crippen LogP contribution is -2.48. The summed E-state index contributed by atoms with van der Waals surface area (Å²) in [5.74, 6) is -0.00287. The van der Waals surface area contributed by atoms with Gasteiger partial charge in [0.1, 0.15) is 0 Å². The van der Waals surface area contributed by atoms with Crippen LogP contribution in [0.25, 0.3) is 0 Å². The first-order chi connectivity index (χ1) is 10.7. The van der Waals surface area contributed by atoms with E-state index in [1.54, 1.807) is 5.51 Å². The maximum absolute atomic E-state index is 12.9. The van der Waals surface area contributed by atoms with Crippen molar-refractivity contribution in [1.29, 1.82) is 0 Å². The van der Waals surface area contributed by atoms with Gasteiger partial charge in [-0.2, -0.15) is 0 Å². The number of carbonyl (C=O) groups is 1. The average molecular weight is 337 g/mol. The van der Waals surface area contributed by atoms with Crippen molar-refractivity contribution in [2.75, 3.05) is 13.2 Å². The molecule has 0 unspecified atom stereocenters. The van der Waals surface area contributed by atoms with Crippen LogP contribution in [0.5, 0.6) is 0 Å². The number of rotatable bonds is 4. The van der Waals surface area contributed by atoms with Crippen LogP contribution < -0.4 is 5.32 Å². The molecule has 1 aromatic carbocycles. The van der Waals surface area contributed by atoms with Crippen LogP contribution in [0.1, 0.15) is 24.1 Å². The second-order valence-corrected chi connectivity index (χ2v) is 6.46. The zero-order chi connectivity index (χ0) is 15.4. The van der Waals surface area contributed by atoms with Gasteiger partial charge in [0.25, 0.3) is 0 Å². The van der Waals surface area contributed by atoms with Crippen molar-refractivity contribution in [2.45, 2.75) is 24.8 Å². The van der Waals surface area contributed by atoms with E-state index < -0.39 is 5.41 Å². The Morgan fingerprint density at radius 1 is 1.36 bits per heavy atom. The number of thiazole rings is 1. The maximum Gasteiger partial charge on any atom is 0.231 e. The van der Waals surface area contributed by atoms with E-state index in [4.69, 9.17) is 16.3 Å². The Balaban J connectivity index is 1.85. The number of hydrogen-bond acceptors (Lipinski definition) is 4. The molecule has 1 fully saturated rings. The van der Waals surface area contributed by atoms with Gasteiger partial charge in [-0.15, -0.1) is 11.3 Å². The topological polar surface area (TPSA) is 51.2 Å². The second kappa shape index (κ2) is 6.77. The molecule has 1 amide bonds. The van der Waals surface area contributed by atoms with Gasteiger partial charge in [0.05, 0.1) is 23.2 Å². The molecule has 1 saturated heterocycles. The minimum Gasteiger partial charge on any atom is -0.381 e. The quantitative estimate of drug-likeness (QED) is 0.933. The van der Waals surface area contributed by atoms with Crippen LogP contribution in [-0.4, -0.2) is 24.1 Å². The lowest BCUT2D eigenvalue weighted by Gasteiger charge is -2.36. The van der Waals surface area contributed by atoms with Crippen molar-refractivity contribution >= 4 is 28.8 Å². The van der Waals surface area contributed by atoms with E-state index >= 15 is 0 Å². The smallest absolute Gasteiger partial charge is 0.231 e. The number of nitrogens with one attached hydrogen (secondary N) is 1. The van der Waals surface area contributed by atoms with Gasteiger partial charge in [-0.3, -0.25) is 4.79 Å². The molecule has 1 N–H and O–H groups in total. The van der Waals surface area contributed by atoms with Gasteiger partial charge in [-0.25, -0.2) is 4.98 Å². The molecule has 0 bridgehead atoms. The summed E-state index contributed by atoms with van der Waals surface area (Å²) >= 11 is 7.88. The molecule has 116 valence electrons. The molecule has 22 heavy (non-hydrogen) atoms. The number of benzene rings is 1. The van der Waals surface area contributed by atoms with Gasteiger partial charge in [0, 0.05) is 23.6 Å². The van der Waals surface area contributed by atoms with Crippen molar-refractivity contribution in [3.05, 3.63) is 51.4 Å². The van der Waals surface area contributed by atoms with Gasteiger partial charge in [-0.1, -0.05) is 29.8 Å². The van der Waals surface area contributed by atoms with Crippen molar-refractivity contribution in [3.8, 4) is 0 Å². The van der Waals surface area contributed by atoms with Crippen molar-refractivity contribution in [1.82, 2.24) is 10.3 Å². The first kappa shape index (κ1) is 15.5. The van der Waals surface area contributed by atoms with Crippen molar-refractivity contribution in [3.63, 3.8) is 0 Å². The molecule has 1 aliphatic rings. The summed E-state index contributed by atoms with van der Waals surface area (Å²) in [6.45, 7) is 1.57. The lowest BCUT2D eigenvalue weighted by atomic mass is 9.73. The highest BCUT2D eigenvalue weighted by molar-refractivity contribution is 7.07. The summed E-state index contributed by atoms with van der Waals surface area (Å²) in [7, 11) is 0. The molecular weight excluding hydrogens is 320 g/mol. The third-order valence-electron chi connectivity index (χ3n) is 4.08. The van der Waals surface area contributed by atoms with Crippen LogP contribution in [0.2, 0.25) is 5.02 Å². The fourth-order valence-corrected chi connectivity index (χ4v) is 3.73. The number of carbonyl (C=O) groups excluding carboxylic acids is 1. The Hall–Kier alpha value is -1.43. The molecule has 0 spiro atoms. The Bertz CT molecular complexity index is 639. The van der Waals surface area contributed by atoms with Crippen molar-refractivity contribution in [2.24, 2.45) is 0 Å². The third-order valence-corrected chi connectivity index (χ3v) is 5.05. The SMILES string of the molecule is O=C(NCc1cscn1)C1(c2ccccc2Cl)CCOCC1. The molecule has 2 aromatic rings.